The van der Waals surface area contributed by atoms with Gasteiger partial charge in [0.1, 0.15) is 0 Å². The molecule has 1 aromatic heterocycles. The summed E-state index contributed by atoms with van der Waals surface area (Å²) < 4.78 is 10.6. The van der Waals surface area contributed by atoms with Crippen molar-refractivity contribution in [3.05, 3.63) is 52.9 Å². The van der Waals surface area contributed by atoms with Crippen molar-refractivity contribution in [2.75, 3.05) is 17.4 Å². The van der Waals surface area contributed by atoms with Crippen molar-refractivity contribution in [1.29, 1.82) is 0 Å². The lowest BCUT2D eigenvalue weighted by Crippen LogP contribution is -2.19. The number of benzene rings is 2. The van der Waals surface area contributed by atoms with Gasteiger partial charge in [0, 0.05) is 22.7 Å². The molecule has 0 atom stereocenters. The van der Waals surface area contributed by atoms with Crippen LogP contribution in [-0.4, -0.2) is 17.8 Å². The Morgan fingerprint density at radius 2 is 1.92 bits per heavy atom. The van der Waals surface area contributed by atoms with Crippen LogP contribution in [0.5, 0.6) is 11.5 Å². The van der Waals surface area contributed by atoms with E-state index in [4.69, 9.17) is 9.47 Å². The number of anilines is 2. The second-order valence-corrected chi connectivity index (χ2v) is 6.86. The maximum Gasteiger partial charge on any atom is 0.325 e. The summed E-state index contributed by atoms with van der Waals surface area (Å²) in [4.78, 5) is 16.7. The Morgan fingerprint density at radius 1 is 1.08 bits per heavy atom. The molecule has 0 bridgehead atoms. The highest BCUT2D eigenvalue weighted by atomic mass is 32.1. The number of hydrogen-bond donors (Lipinski definition) is 2. The summed E-state index contributed by atoms with van der Waals surface area (Å²) in [6.45, 7) is 4.32. The Morgan fingerprint density at radius 3 is 2.77 bits per heavy atom. The molecule has 0 saturated heterocycles. The molecule has 2 amide bonds. The highest BCUT2D eigenvalue weighted by molar-refractivity contribution is 7.14. The lowest BCUT2D eigenvalue weighted by molar-refractivity contribution is 0.174. The maximum atomic E-state index is 12.2. The zero-order valence-corrected chi connectivity index (χ0v) is 15.1. The summed E-state index contributed by atoms with van der Waals surface area (Å²) in [5.74, 6) is 1.29. The van der Waals surface area contributed by atoms with Gasteiger partial charge in [0.25, 0.3) is 0 Å². The topological polar surface area (TPSA) is 72.5 Å². The molecule has 4 rings (SSSR count). The summed E-state index contributed by atoms with van der Waals surface area (Å²) >= 11 is 1.39. The third kappa shape index (κ3) is 3.34. The van der Waals surface area contributed by atoms with Crippen LogP contribution in [0.25, 0.3) is 11.3 Å². The van der Waals surface area contributed by atoms with Crippen molar-refractivity contribution in [2.24, 2.45) is 0 Å². The minimum atomic E-state index is -0.356. The fraction of sp³-hybridized carbons (Fsp3) is 0.158. The first-order chi connectivity index (χ1) is 12.6. The van der Waals surface area contributed by atoms with Crippen LogP contribution in [0.2, 0.25) is 0 Å². The van der Waals surface area contributed by atoms with Gasteiger partial charge in [-0.05, 0) is 31.5 Å². The van der Waals surface area contributed by atoms with Crippen molar-refractivity contribution >= 4 is 28.2 Å². The van der Waals surface area contributed by atoms with Crippen LogP contribution in [0.3, 0.4) is 0 Å². The number of urea groups is 1. The Bertz CT molecular complexity index is 984. The monoisotopic (exact) mass is 367 g/mol. The number of aryl methyl sites for hydroxylation is 2. The van der Waals surface area contributed by atoms with Crippen molar-refractivity contribution in [1.82, 2.24) is 4.98 Å². The molecule has 0 fully saturated rings. The normalized spacial score (nSPS) is 12.1. The molecule has 6 nitrogen and oxygen atoms in total. The number of thiazole rings is 1. The van der Waals surface area contributed by atoms with E-state index in [2.05, 4.69) is 47.7 Å². The molecule has 3 aromatic rings. The number of nitrogens with one attached hydrogen (secondary N) is 2. The largest absolute Gasteiger partial charge is 0.454 e. The minimum Gasteiger partial charge on any atom is -0.454 e. The van der Waals surface area contributed by atoms with Gasteiger partial charge < -0.3 is 14.8 Å². The molecule has 0 spiro atoms. The summed E-state index contributed by atoms with van der Waals surface area (Å²) in [6, 6.07) is 11.1. The molecular weight excluding hydrogens is 350 g/mol. The third-order valence-electron chi connectivity index (χ3n) is 4.01. The second kappa shape index (κ2) is 6.68. The zero-order chi connectivity index (χ0) is 18.1. The van der Waals surface area contributed by atoms with E-state index in [1.807, 2.05) is 5.38 Å². The molecule has 7 heteroatoms. The van der Waals surface area contributed by atoms with E-state index in [1.54, 1.807) is 18.2 Å². The highest BCUT2D eigenvalue weighted by Crippen LogP contribution is 2.34. The zero-order valence-electron chi connectivity index (χ0n) is 14.3. The SMILES string of the molecule is Cc1ccc(-c2csc(NC(=O)Nc3ccc4c(c3)OCO4)n2)c(C)c1. The summed E-state index contributed by atoms with van der Waals surface area (Å²) in [5.41, 5.74) is 4.91. The quantitative estimate of drug-likeness (QED) is 0.697. The van der Waals surface area contributed by atoms with Crippen molar-refractivity contribution in [2.45, 2.75) is 13.8 Å². The van der Waals surface area contributed by atoms with Crippen LogP contribution in [-0.2, 0) is 0 Å². The number of amides is 2. The first kappa shape index (κ1) is 16.4. The third-order valence-corrected chi connectivity index (χ3v) is 4.77. The number of aromatic nitrogens is 1. The van der Waals surface area contributed by atoms with E-state index in [0.717, 1.165) is 16.8 Å². The molecule has 26 heavy (non-hydrogen) atoms. The van der Waals surface area contributed by atoms with E-state index in [1.165, 1.54) is 16.9 Å². The van der Waals surface area contributed by atoms with E-state index < -0.39 is 0 Å². The van der Waals surface area contributed by atoms with Gasteiger partial charge in [-0.1, -0.05) is 23.8 Å². The lowest BCUT2D eigenvalue weighted by Gasteiger charge is -2.06. The predicted molar refractivity (Wildman–Crippen MR) is 102 cm³/mol. The van der Waals surface area contributed by atoms with Crippen molar-refractivity contribution < 1.29 is 14.3 Å². The second-order valence-electron chi connectivity index (χ2n) is 6.00. The molecule has 132 valence electrons. The number of carbonyl (C=O) groups excluding carboxylic acids is 1. The molecule has 2 N–H and O–H groups in total. The van der Waals surface area contributed by atoms with Gasteiger partial charge in [0.2, 0.25) is 6.79 Å². The summed E-state index contributed by atoms with van der Waals surface area (Å²) in [5, 5.41) is 8.01. The molecule has 1 aliphatic rings. The van der Waals surface area contributed by atoms with E-state index in [9.17, 15) is 4.79 Å². The maximum absolute atomic E-state index is 12.2. The fourth-order valence-corrected chi connectivity index (χ4v) is 3.50. The number of ether oxygens (including phenoxy) is 2. The van der Waals surface area contributed by atoms with E-state index in [-0.39, 0.29) is 12.8 Å². The van der Waals surface area contributed by atoms with Gasteiger partial charge >= 0.3 is 6.03 Å². The first-order valence-electron chi connectivity index (χ1n) is 8.09. The Balaban J connectivity index is 1.44. The van der Waals surface area contributed by atoms with Crippen molar-refractivity contribution in [3.63, 3.8) is 0 Å². The number of nitrogens with zero attached hydrogens (tertiary/aromatic N) is 1. The van der Waals surface area contributed by atoms with Crippen LogP contribution in [0.1, 0.15) is 11.1 Å². The average Bonchev–Trinajstić information content (AvgIpc) is 3.23. The lowest BCUT2D eigenvalue weighted by atomic mass is 10.0. The molecular formula is C19H17N3O3S. The van der Waals surface area contributed by atoms with Gasteiger partial charge in [-0.15, -0.1) is 11.3 Å². The van der Waals surface area contributed by atoms with E-state index in [0.29, 0.717) is 22.3 Å². The Labute approximate surface area is 154 Å². The Kier molecular flexibility index (Phi) is 4.22. The Hall–Kier alpha value is -3.06. The number of fused-ring (bicyclic) bond motifs is 1. The smallest absolute Gasteiger partial charge is 0.325 e. The van der Waals surface area contributed by atoms with Gasteiger partial charge in [-0.2, -0.15) is 0 Å². The predicted octanol–water partition coefficient (Wildman–Crippen LogP) is 4.80. The molecule has 0 saturated carbocycles. The minimum absolute atomic E-state index is 0.200. The number of rotatable bonds is 3. The standard InChI is InChI=1S/C19H17N3O3S/c1-11-3-5-14(12(2)7-11)15-9-26-19(21-15)22-18(23)20-13-4-6-16-17(8-13)25-10-24-16/h3-9H,10H2,1-2H3,(H2,20,21,22,23). The van der Waals surface area contributed by atoms with Crippen LogP contribution in [0.15, 0.2) is 41.8 Å². The van der Waals surface area contributed by atoms with Crippen molar-refractivity contribution in [3.8, 4) is 22.8 Å². The molecule has 1 aliphatic heterocycles. The molecule has 0 aliphatic carbocycles. The summed E-state index contributed by atoms with van der Waals surface area (Å²) in [7, 11) is 0. The molecule has 0 unspecified atom stereocenters. The van der Waals surface area contributed by atoms with Gasteiger partial charge in [0.15, 0.2) is 16.6 Å². The molecule has 0 radical (unpaired) electrons. The van der Waals surface area contributed by atoms with Crippen LogP contribution in [0.4, 0.5) is 15.6 Å². The van der Waals surface area contributed by atoms with Gasteiger partial charge in [0.05, 0.1) is 5.69 Å². The van der Waals surface area contributed by atoms with Crippen LogP contribution >= 0.6 is 11.3 Å². The van der Waals surface area contributed by atoms with Gasteiger partial charge in [-0.25, -0.2) is 9.78 Å². The first-order valence-corrected chi connectivity index (χ1v) is 8.97. The summed E-state index contributed by atoms with van der Waals surface area (Å²) in [6.07, 6.45) is 0. The average molecular weight is 367 g/mol. The van der Waals surface area contributed by atoms with Crippen LogP contribution < -0.4 is 20.1 Å². The van der Waals surface area contributed by atoms with Gasteiger partial charge in [-0.3, -0.25) is 5.32 Å². The van der Waals surface area contributed by atoms with E-state index >= 15 is 0 Å². The van der Waals surface area contributed by atoms with Crippen LogP contribution in [0, 0.1) is 13.8 Å². The number of carbonyl (C=O) groups is 1. The highest BCUT2D eigenvalue weighted by Gasteiger charge is 2.15. The molecule has 2 heterocycles. The molecule has 2 aromatic carbocycles. The fourth-order valence-electron chi connectivity index (χ4n) is 2.79. The number of hydrogen-bond acceptors (Lipinski definition) is 5.